The highest BCUT2D eigenvalue weighted by atomic mass is 16.6. The van der Waals surface area contributed by atoms with Gasteiger partial charge in [-0.3, -0.25) is 4.79 Å². The minimum Gasteiger partial charge on any atom is -0.461 e. The van der Waals surface area contributed by atoms with Gasteiger partial charge in [-0.25, -0.2) is 9.59 Å². The summed E-state index contributed by atoms with van der Waals surface area (Å²) in [6.45, 7) is 4.09. The van der Waals surface area contributed by atoms with Crippen molar-refractivity contribution in [3.8, 4) is 11.5 Å². The average Bonchev–Trinajstić information content (AvgIpc) is 2.91. The molecule has 1 atom stereocenters. The highest BCUT2D eigenvalue weighted by molar-refractivity contribution is 5.93. The van der Waals surface area contributed by atoms with Crippen LogP contribution in [-0.2, 0) is 16.0 Å². The quantitative estimate of drug-likeness (QED) is 0.257. The maximum Gasteiger partial charge on any atom is 0.343 e. The van der Waals surface area contributed by atoms with Gasteiger partial charge in [0.15, 0.2) is 11.5 Å². The van der Waals surface area contributed by atoms with Crippen LogP contribution in [0.5, 0.6) is 11.5 Å². The molecule has 0 bridgehead atoms. The molecule has 2 N–H and O–H groups in total. The zero-order valence-electron chi connectivity index (χ0n) is 21.2. The largest absolute Gasteiger partial charge is 0.461 e. The van der Waals surface area contributed by atoms with E-state index in [4.69, 9.17) is 19.9 Å². The Kier molecular flexibility index (Phi) is 10.4. The first-order chi connectivity index (χ1) is 17.9. The SMILES string of the molecule is CCCC(CCC)OC(=O)C(N)Cc1ccc(OC(=O)c2ccccc2)c(OC(=O)c2ccccc2)c1. The van der Waals surface area contributed by atoms with Crippen LogP contribution in [0, 0.1) is 0 Å². The van der Waals surface area contributed by atoms with Gasteiger partial charge in [-0.05, 0) is 61.2 Å². The lowest BCUT2D eigenvalue weighted by molar-refractivity contribution is -0.151. The molecule has 3 aromatic carbocycles. The molecule has 0 aliphatic rings. The normalized spacial score (nSPS) is 11.6. The van der Waals surface area contributed by atoms with Crippen molar-refractivity contribution in [2.45, 2.75) is 58.1 Å². The van der Waals surface area contributed by atoms with E-state index in [2.05, 4.69) is 0 Å². The van der Waals surface area contributed by atoms with E-state index in [1.165, 1.54) is 6.07 Å². The van der Waals surface area contributed by atoms with Gasteiger partial charge < -0.3 is 19.9 Å². The molecule has 0 aliphatic heterocycles. The van der Waals surface area contributed by atoms with Crippen LogP contribution in [0.4, 0.5) is 0 Å². The topological polar surface area (TPSA) is 105 Å². The molecule has 37 heavy (non-hydrogen) atoms. The third-order valence-corrected chi connectivity index (χ3v) is 5.69. The van der Waals surface area contributed by atoms with Crippen molar-refractivity contribution in [2.24, 2.45) is 5.73 Å². The van der Waals surface area contributed by atoms with Gasteiger partial charge in [-0.15, -0.1) is 0 Å². The number of nitrogens with two attached hydrogens (primary N) is 1. The zero-order valence-corrected chi connectivity index (χ0v) is 21.2. The van der Waals surface area contributed by atoms with Crippen LogP contribution in [0.2, 0.25) is 0 Å². The Morgan fingerprint density at radius 3 is 1.76 bits per heavy atom. The fourth-order valence-electron chi connectivity index (χ4n) is 3.80. The van der Waals surface area contributed by atoms with Gasteiger partial charge in [0.05, 0.1) is 11.1 Å². The van der Waals surface area contributed by atoms with E-state index in [1.807, 2.05) is 13.8 Å². The monoisotopic (exact) mass is 503 g/mol. The first-order valence-electron chi connectivity index (χ1n) is 12.5. The Morgan fingerprint density at radius 1 is 0.730 bits per heavy atom. The van der Waals surface area contributed by atoms with Crippen LogP contribution < -0.4 is 15.2 Å². The van der Waals surface area contributed by atoms with Crippen molar-refractivity contribution in [1.29, 1.82) is 0 Å². The summed E-state index contributed by atoms with van der Waals surface area (Å²) >= 11 is 0. The summed E-state index contributed by atoms with van der Waals surface area (Å²) < 4.78 is 16.8. The molecular formula is C30H33NO6. The van der Waals surface area contributed by atoms with Gasteiger partial charge in [-0.1, -0.05) is 69.2 Å². The van der Waals surface area contributed by atoms with E-state index in [9.17, 15) is 14.4 Å². The van der Waals surface area contributed by atoms with Gasteiger partial charge in [-0.2, -0.15) is 0 Å². The summed E-state index contributed by atoms with van der Waals surface area (Å²) in [6, 6.07) is 20.8. The molecule has 0 spiro atoms. The van der Waals surface area contributed by atoms with Crippen molar-refractivity contribution in [2.75, 3.05) is 0 Å². The fraction of sp³-hybridized carbons (Fsp3) is 0.300. The molecule has 0 heterocycles. The second-order valence-corrected chi connectivity index (χ2v) is 8.74. The molecule has 1 unspecified atom stereocenters. The van der Waals surface area contributed by atoms with Gasteiger partial charge in [0, 0.05) is 0 Å². The van der Waals surface area contributed by atoms with E-state index in [0.717, 1.165) is 25.7 Å². The summed E-state index contributed by atoms with van der Waals surface area (Å²) in [7, 11) is 0. The summed E-state index contributed by atoms with van der Waals surface area (Å²) in [6.07, 6.45) is 3.39. The van der Waals surface area contributed by atoms with Gasteiger partial charge in [0.25, 0.3) is 0 Å². The maximum absolute atomic E-state index is 12.7. The summed E-state index contributed by atoms with van der Waals surface area (Å²) in [5.74, 6) is -1.56. The standard InChI is InChI=1S/C30H33NO6/c1-3-11-24(12-4-2)35-30(34)25(31)19-21-17-18-26(36-28(32)22-13-7-5-8-14-22)27(20-21)37-29(33)23-15-9-6-10-16-23/h5-10,13-18,20,24-25H,3-4,11-12,19,31H2,1-2H3. The molecule has 0 saturated carbocycles. The molecule has 0 fully saturated rings. The molecule has 3 rings (SSSR count). The number of hydrogen-bond acceptors (Lipinski definition) is 7. The van der Waals surface area contributed by atoms with Crippen molar-refractivity contribution < 1.29 is 28.6 Å². The van der Waals surface area contributed by atoms with Crippen LogP contribution in [0.15, 0.2) is 78.9 Å². The molecule has 0 aromatic heterocycles. The van der Waals surface area contributed by atoms with Gasteiger partial charge in [0.1, 0.15) is 12.1 Å². The maximum atomic E-state index is 12.7. The third kappa shape index (κ3) is 8.29. The Bertz CT molecular complexity index is 1170. The molecule has 7 heteroatoms. The predicted octanol–water partition coefficient (Wildman–Crippen LogP) is 5.51. The number of benzene rings is 3. The summed E-state index contributed by atoms with van der Waals surface area (Å²) in [5, 5.41) is 0. The molecule has 194 valence electrons. The Morgan fingerprint density at radius 2 is 1.24 bits per heavy atom. The number of esters is 3. The summed E-state index contributed by atoms with van der Waals surface area (Å²) in [4.78, 5) is 38.0. The number of carbonyl (C=O) groups is 3. The molecular weight excluding hydrogens is 470 g/mol. The zero-order chi connectivity index (χ0) is 26.6. The second kappa shape index (κ2) is 13.9. The highest BCUT2D eigenvalue weighted by Gasteiger charge is 2.22. The van der Waals surface area contributed by atoms with Crippen LogP contribution in [0.1, 0.15) is 65.8 Å². The van der Waals surface area contributed by atoms with Crippen molar-refractivity contribution in [3.05, 3.63) is 95.6 Å². The van der Waals surface area contributed by atoms with Gasteiger partial charge in [0.2, 0.25) is 0 Å². The minimum absolute atomic E-state index is 0.0473. The lowest BCUT2D eigenvalue weighted by Crippen LogP contribution is -2.36. The minimum atomic E-state index is -0.897. The lowest BCUT2D eigenvalue weighted by atomic mass is 10.1. The molecule has 7 nitrogen and oxygen atoms in total. The number of ether oxygens (including phenoxy) is 3. The Labute approximate surface area is 217 Å². The van der Waals surface area contributed by atoms with Crippen LogP contribution in [0.3, 0.4) is 0 Å². The molecule has 0 aliphatic carbocycles. The highest BCUT2D eigenvalue weighted by Crippen LogP contribution is 2.31. The fourth-order valence-corrected chi connectivity index (χ4v) is 3.80. The van der Waals surface area contributed by atoms with E-state index in [1.54, 1.807) is 72.8 Å². The molecule has 0 amide bonds. The van der Waals surface area contributed by atoms with E-state index in [0.29, 0.717) is 16.7 Å². The van der Waals surface area contributed by atoms with Crippen molar-refractivity contribution >= 4 is 17.9 Å². The van der Waals surface area contributed by atoms with Crippen LogP contribution >= 0.6 is 0 Å². The van der Waals surface area contributed by atoms with E-state index >= 15 is 0 Å². The van der Waals surface area contributed by atoms with Crippen LogP contribution in [-0.4, -0.2) is 30.1 Å². The second-order valence-electron chi connectivity index (χ2n) is 8.74. The molecule has 3 aromatic rings. The smallest absolute Gasteiger partial charge is 0.343 e. The number of rotatable bonds is 12. The Hall–Kier alpha value is -3.97. The van der Waals surface area contributed by atoms with Crippen molar-refractivity contribution in [3.63, 3.8) is 0 Å². The van der Waals surface area contributed by atoms with Gasteiger partial charge >= 0.3 is 17.9 Å². The first-order valence-corrected chi connectivity index (χ1v) is 12.5. The summed E-state index contributed by atoms with van der Waals surface area (Å²) in [5.41, 5.74) is 7.48. The first kappa shape index (κ1) is 27.6. The van der Waals surface area contributed by atoms with Crippen LogP contribution in [0.25, 0.3) is 0 Å². The average molecular weight is 504 g/mol. The lowest BCUT2D eigenvalue weighted by Gasteiger charge is -2.20. The molecule has 0 saturated heterocycles. The third-order valence-electron chi connectivity index (χ3n) is 5.69. The Balaban J connectivity index is 1.80. The van der Waals surface area contributed by atoms with E-state index < -0.39 is 23.9 Å². The predicted molar refractivity (Wildman–Crippen MR) is 141 cm³/mol. The number of carbonyl (C=O) groups excluding carboxylic acids is 3. The molecule has 0 radical (unpaired) electrons. The van der Waals surface area contributed by atoms with Crippen molar-refractivity contribution in [1.82, 2.24) is 0 Å². The van der Waals surface area contributed by atoms with E-state index in [-0.39, 0.29) is 24.0 Å². The number of hydrogen-bond donors (Lipinski definition) is 1.